The summed E-state index contributed by atoms with van der Waals surface area (Å²) in [5.41, 5.74) is 7.54. The minimum atomic E-state index is 0.499. The summed E-state index contributed by atoms with van der Waals surface area (Å²) in [5.74, 6) is 1.40. The van der Waals surface area contributed by atoms with Gasteiger partial charge in [-0.15, -0.1) is 0 Å². The van der Waals surface area contributed by atoms with Gasteiger partial charge in [-0.1, -0.05) is 26.7 Å². The molecule has 0 radical (unpaired) electrons. The Morgan fingerprint density at radius 2 is 2.06 bits per heavy atom. The standard InChI is InChI=1S/C12H22N4/c1-4-10(5-2)7-14-12-15-8-11(6-13)9(3)16-12/h8,10H,4-7,13H2,1-3H3,(H,14,15,16). The van der Waals surface area contributed by atoms with Crippen molar-refractivity contribution >= 4 is 5.95 Å². The van der Waals surface area contributed by atoms with Crippen molar-refractivity contribution in [2.24, 2.45) is 11.7 Å². The molecular formula is C12H22N4. The number of nitrogens with two attached hydrogens (primary N) is 1. The Bertz CT molecular complexity index is 321. The lowest BCUT2D eigenvalue weighted by atomic mass is 10.0. The van der Waals surface area contributed by atoms with Crippen LogP contribution in [0.5, 0.6) is 0 Å². The third-order valence-electron chi connectivity index (χ3n) is 3.00. The van der Waals surface area contributed by atoms with Gasteiger partial charge >= 0.3 is 0 Å². The Hall–Kier alpha value is -1.16. The van der Waals surface area contributed by atoms with E-state index in [2.05, 4.69) is 29.1 Å². The summed E-state index contributed by atoms with van der Waals surface area (Å²) in [7, 11) is 0. The molecule has 0 fully saturated rings. The lowest BCUT2D eigenvalue weighted by molar-refractivity contribution is 0.517. The first-order valence-electron chi connectivity index (χ1n) is 5.97. The van der Waals surface area contributed by atoms with Crippen molar-refractivity contribution in [1.29, 1.82) is 0 Å². The van der Waals surface area contributed by atoms with E-state index in [1.165, 1.54) is 12.8 Å². The van der Waals surface area contributed by atoms with Gasteiger partial charge in [0.25, 0.3) is 0 Å². The molecule has 4 nitrogen and oxygen atoms in total. The summed E-state index contributed by atoms with van der Waals surface area (Å²) in [6, 6.07) is 0. The molecule has 0 aliphatic rings. The first kappa shape index (κ1) is 12.9. The van der Waals surface area contributed by atoms with Gasteiger partial charge in [0.15, 0.2) is 0 Å². The first-order valence-corrected chi connectivity index (χ1v) is 5.97. The maximum Gasteiger partial charge on any atom is 0.222 e. The molecule has 3 N–H and O–H groups in total. The number of hydrogen-bond acceptors (Lipinski definition) is 4. The van der Waals surface area contributed by atoms with Crippen LogP contribution >= 0.6 is 0 Å². The van der Waals surface area contributed by atoms with E-state index in [-0.39, 0.29) is 0 Å². The molecule has 0 amide bonds. The minimum absolute atomic E-state index is 0.499. The van der Waals surface area contributed by atoms with Crippen LogP contribution in [0.2, 0.25) is 0 Å². The highest BCUT2D eigenvalue weighted by Gasteiger charge is 2.05. The molecule has 1 aromatic rings. The molecule has 0 saturated carbocycles. The largest absolute Gasteiger partial charge is 0.354 e. The molecule has 0 unspecified atom stereocenters. The second-order valence-electron chi connectivity index (χ2n) is 4.07. The smallest absolute Gasteiger partial charge is 0.222 e. The zero-order valence-corrected chi connectivity index (χ0v) is 10.5. The Kier molecular flexibility index (Phi) is 5.19. The minimum Gasteiger partial charge on any atom is -0.354 e. The van der Waals surface area contributed by atoms with Crippen molar-refractivity contribution in [2.75, 3.05) is 11.9 Å². The third kappa shape index (κ3) is 3.45. The van der Waals surface area contributed by atoms with Crippen LogP contribution in [-0.4, -0.2) is 16.5 Å². The van der Waals surface area contributed by atoms with E-state index in [9.17, 15) is 0 Å². The molecule has 16 heavy (non-hydrogen) atoms. The number of rotatable bonds is 6. The van der Waals surface area contributed by atoms with Crippen molar-refractivity contribution in [3.05, 3.63) is 17.5 Å². The van der Waals surface area contributed by atoms with Crippen LogP contribution in [0.4, 0.5) is 5.95 Å². The molecule has 0 bridgehead atoms. The lowest BCUT2D eigenvalue weighted by Crippen LogP contribution is -2.15. The number of anilines is 1. The molecule has 90 valence electrons. The fraction of sp³-hybridized carbons (Fsp3) is 0.667. The van der Waals surface area contributed by atoms with Crippen molar-refractivity contribution < 1.29 is 0 Å². The van der Waals surface area contributed by atoms with E-state index >= 15 is 0 Å². The van der Waals surface area contributed by atoms with Crippen molar-refractivity contribution in [1.82, 2.24) is 9.97 Å². The number of aryl methyl sites for hydroxylation is 1. The van der Waals surface area contributed by atoms with Gasteiger partial charge in [0.05, 0.1) is 0 Å². The fourth-order valence-electron chi connectivity index (χ4n) is 1.59. The Balaban J connectivity index is 2.58. The molecule has 0 atom stereocenters. The second-order valence-corrected chi connectivity index (χ2v) is 4.07. The van der Waals surface area contributed by atoms with Crippen LogP contribution in [0.15, 0.2) is 6.20 Å². The fourth-order valence-corrected chi connectivity index (χ4v) is 1.59. The van der Waals surface area contributed by atoms with Gasteiger partial charge in [0.1, 0.15) is 0 Å². The topological polar surface area (TPSA) is 63.8 Å². The monoisotopic (exact) mass is 222 g/mol. The molecule has 1 rings (SSSR count). The average molecular weight is 222 g/mol. The van der Waals surface area contributed by atoms with E-state index in [0.29, 0.717) is 18.4 Å². The van der Waals surface area contributed by atoms with Gasteiger partial charge in [0, 0.05) is 30.5 Å². The Morgan fingerprint density at radius 1 is 1.38 bits per heavy atom. The van der Waals surface area contributed by atoms with Crippen LogP contribution < -0.4 is 11.1 Å². The van der Waals surface area contributed by atoms with Crippen molar-refractivity contribution in [3.63, 3.8) is 0 Å². The van der Waals surface area contributed by atoms with Gasteiger partial charge in [-0.2, -0.15) is 0 Å². The van der Waals surface area contributed by atoms with Gasteiger partial charge in [-0.05, 0) is 12.8 Å². The summed E-state index contributed by atoms with van der Waals surface area (Å²) in [4.78, 5) is 8.63. The molecule has 1 heterocycles. The zero-order valence-electron chi connectivity index (χ0n) is 10.5. The molecule has 0 aromatic carbocycles. The molecule has 1 aromatic heterocycles. The van der Waals surface area contributed by atoms with E-state index in [1.54, 1.807) is 6.20 Å². The number of aromatic nitrogens is 2. The van der Waals surface area contributed by atoms with Gasteiger partial charge in [-0.25, -0.2) is 9.97 Å². The predicted molar refractivity (Wildman–Crippen MR) is 67.2 cm³/mol. The second kappa shape index (κ2) is 6.43. The maximum atomic E-state index is 5.57. The quantitative estimate of drug-likeness (QED) is 0.773. The highest BCUT2D eigenvalue weighted by atomic mass is 15.1. The normalized spacial score (nSPS) is 10.8. The van der Waals surface area contributed by atoms with Crippen LogP contribution in [-0.2, 0) is 6.54 Å². The first-order chi connectivity index (χ1) is 7.71. The van der Waals surface area contributed by atoms with Crippen molar-refractivity contribution in [2.45, 2.75) is 40.2 Å². The summed E-state index contributed by atoms with van der Waals surface area (Å²) < 4.78 is 0. The molecule has 0 aliphatic heterocycles. The summed E-state index contributed by atoms with van der Waals surface area (Å²) >= 11 is 0. The van der Waals surface area contributed by atoms with Gasteiger partial charge < -0.3 is 11.1 Å². The summed E-state index contributed by atoms with van der Waals surface area (Å²) in [5, 5.41) is 3.28. The summed E-state index contributed by atoms with van der Waals surface area (Å²) in [6.07, 6.45) is 4.17. The lowest BCUT2D eigenvalue weighted by Gasteiger charge is -2.13. The molecule has 0 saturated heterocycles. The number of nitrogens with one attached hydrogen (secondary N) is 1. The Labute approximate surface area is 97.7 Å². The van der Waals surface area contributed by atoms with E-state index in [1.807, 2.05) is 6.92 Å². The zero-order chi connectivity index (χ0) is 12.0. The van der Waals surface area contributed by atoms with Gasteiger partial charge in [0.2, 0.25) is 5.95 Å². The van der Waals surface area contributed by atoms with E-state index in [4.69, 9.17) is 5.73 Å². The molecular weight excluding hydrogens is 200 g/mol. The Morgan fingerprint density at radius 3 is 2.56 bits per heavy atom. The number of hydrogen-bond donors (Lipinski definition) is 2. The predicted octanol–water partition coefficient (Wildman–Crippen LogP) is 2.09. The number of nitrogens with zero attached hydrogens (tertiary/aromatic N) is 2. The highest BCUT2D eigenvalue weighted by Crippen LogP contribution is 2.10. The maximum absolute atomic E-state index is 5.57. The third-order valence-corrected chi connectivity index (χ3v) is 3.00. The van der Waals surface area contributed by atoms with E-state index < -0.39 is 0 Å². The molecule has 4 heteroatoms. The van der Waals surface area contributed by atoms with Crippen molar-refractivity contribution in [3.8, 4) is 0 Å². The van der Waals surface area contributed by atoms with E-state index in [0.717, 1.165) is 17.8 Å². The highest BCUT2D eigenvalue weighted by molar-refractivity contribution is 5.28. The average Bonchev–Trinajstić information content (AvgIpc) is 2.30. The van der Waals surface area contributed by atoms with Crippen LogP contribution in [0, 0.1) is 12.8 Å². The molecule has 0 spiro atoms. The SMILES string of the molecule is CCC(CC)CNc1ncc(CN)c(C)n1. The molecule has 0 aliphatic carbocycles. The summed E-state index contributed by atoms with van der Waals surface area (Å²) in [6.45, 7) is 7.82. The van der Waals surface area contributed by atoms with Crippen LogP contribution in [0.25, 0.3) is 0 Å². The van der Waals surface area contributed by atoms with Gasteiger partial charge in [-0.3, -0.25) is 0 Å². The van der Waals surface area contributed by atoms with Crippen LogP contribution in [0.1, 0.15) is 37.9 Å². The van der Waals surface area contributed by atoms with Crippen LogP contribution in [0.3, 0.4) is 0 Å².